The molecule has 14 heavy (non-hydrogen) atoms. The van der Waals surface area contributed by atoms with Crippen LogP contribution in [0, 0.1) is 0 Å². The summed E-state index contributed by atoms with van der Waals surface area (Å²) < 4.78 is 44.9. The van der Waals surface area contributed by atoms with Crippen LogP contribution >= 0.6 is 0 Å². The van der Waals surface area contributed by atoms with E-state index in [1.165, 1.54) is 7.11 Å². The molecule has 0 aliphatic heterocycles. The van der Waals surface area contributed by atoms with E-state index in [4.69, 9.17) is 5.73 Å². The van der Waals surface area contributed by atoms with Crippen LogP contribution in [0.4, 0.5) is 13.2 Å². The molecule has 0 saturated heterocycles. The van der Waals surface area contributed by atoms with Gasteiger partial charge < -0.3 is 15.0 Å². The van der Waals surface area contributed by atoms with E-state index in [0.29, 0.717) is 0 Å². The van der Waals surface area contributed by atoms with Crippen LogP contribution in [0.1, 0.15) is 17.8 Å². The molecule has 80 valence electrons. The van der Waals surface area contributed by atoms with Crippen LogP contribution in [0.2, 0.25) is 0 Å². The molecule has 1 atom stereocenters. The van der Waals surface area contributed by atoms with Gasteiger partial charge in [0, 0.05) is 7.11 Å². The molecule has 0 aliphatic carbocycles. The standard InChI is InChI=1S/C6H8F3N3O2/c1-13-2-3(10)4-11-5(12-14-4)6(7,8)9/h3H,2,10H2,1H3. The molecule has 0 radical (unpaired) electrons. The predicted octanol–water partition coefficient (Wildman–Crippen LogP) is 0.735. The van der Waals surface area contributed by atoms with Crippen LogP contribution in [-0.2, 0) is 10.9 Å². The molecule has 1 unspecified atom stereocenters. The summed E-state index contributed by atoms with van der Waals surface area (Å²) in [6, 6.07) is -0.844. The first kappa shape index (κ1) is 10.9. The molecule has 1 aromatic heterocycles. The Labute approximate surface area is 77.0 Å². The lowest BCUT2D eigenvalue weighted by atomic mass is 10.3. The topological polar surface area (TPSA) is 74.2 Å². The van der Waals surface area contributed by atoms with Gasteiger partial charge in [-0.1, -0.05) is 5.16 Å². The number of aromatic nitrogens is 2. The van der Waals surface area contributed by atoms with Crippen molar-refractivity contribution in [1.82, 2.24) is 10.1 Å². The van der Waals surface area contributed by atoms with Crippen molar-refractivity contribution >= 4 is 0 Å². The van der Waals surface area contributed by atoms with Gasteiger partial charge in [0.25, 0.3) is 5.82 Å². The monoisotopic (exact) mass is 211 g/mol. The molecule has 0 spiro atoms. The summed E-state index contributed by atoms with van der Waals surface area (Å²) in [6.07, 6.45) is -4.62. The molecular weight excluding hydrogens is 203 g/mol. The minimum absolute atomic E-state index is 0.0134. The highest BCUT2D eigenvalue weighted by atomic mass is 19.4. The van der Waals surface area contributed by atoms with E-state index in [1.807, 2.05) is 0 Å². The number of nitrogens with two attached hydrogens (primary N) is 1. The summed E-state index contributed by atoms with van der Waals surface area (Å²) >= 11 is 0. The fourth-order valence-corrected chi connectivity index (χ4v) is 0.752. The average molecular weight is 211 g/mol. The number of alkyl halides is 3. The van der Waals surface area contributed by atoms with E-state index in [9.17, 15) is 13.2 Å². The van der Waals surface area contributed by atoms with Crippen molar-refractivity contribution in [3.63, 3.8) is 0 Å². The van der Waals surface area contributed by atoms with E-state index in [2.05, 4.69) is 19.4 Å². The molecule has 8 heteroatoms. The fraction of sp³-hybridized carbons (Fsp3) is 0.667. The summed E-state index contributed by atoms with van der Waals surface area (Å²) in [4.78, 5) is 3.09. The zero-order chi connectivity index (χ0) is 10.8. The third-order valence-electron chi connectivity index (χ3n) is 1.36. The summed E-state index contributed by atoms with van der Waals surface area (Å²) in [5.74, 6) is -1.63. The zero-order valence-corrected chi connectivity index (χ0v) is 7.21. The average Bonchev–Trinajstić information content (AvgIpc) is 2.51. The van der Waals surface area contributed by atoms with Crippen LogP contribution in [0.25, 0.3) is 0 Å². The second kappa shape index (κ2) is 3.93. The molecule has 0 bridgehead atoms. The molecule has 0 aromatic carbocycles. The third-order valence-corrected chi connectivity index (χ3v) is 1.36. The Kier molecular flexibility index (Phi) is 3.06. The Morgan fingerprint density at radius 1 is 1.57 bits per heavy atom. The van der Waals surface area contributed by atoms with Crippen molar-refractivity contribution < 1.29 is 22.4 Å². The summed E-state index contributed by atoms with van der Waals surface area (Å²) in [5, 5.41) is 2.74. The van der Waals surface area contributed by atoms with E-state index < -0.39 is 18.0 Å². The van der Waals surface area contributed by atoms with Gasteiger partial charge in [-0.25, -0.2) is 0 Å². The summed E-state index contributed by atoms with van der Waals surface area (Å²) in [7, 11) is 1.36. The second-order valence-corrected chi connectivity index (χ2v) is 2.52. The van der Waals surface area contributed by atoms with Crippen LogP contribution in [-0.4, -0.2) is 23.9 Å². The molecule has 1 heterocycles. The zero-order valence-electron chi connectivity index (χ0n) is 7.21. The highest BCUT2D eigenvalue weighted by Gasteiger charge is 2.37. The van der Waals surface area contributed by atoms with Crippen LogP contribution < -0.4 is 5.73 Å². The van der Waals surface area contributed by atoms with Gasteiger partial charge >= 0.3 is 6.18 Å². The summed E-state index contributed by atoms with van der Waals surface area (Å²) in [6.45, 7) is 0.0134. The van der Waals surface area contributed by atoms with Gasteiger partial charge in [-0.05, 0) is 0 Å². The quantitative estimate of drug-likeness (QED) is 0.797. The summed E-state index contributed by atoms with van der Waals surface area (Å²) in [5.41, 5.74) is 5.37. The molecule has 2 N–H and O–H groups in total. The first-order valence-electron chi connectivity index (χ1n) is 3.60. The lowest BCUT2D eigenvalue weighted by Crippen LogP contribution is -2.17. The minimum atomic E-state index is -4.62. The molecule has 0 saturated carbocycles. The number of nitrogens with zero attached hydrogens (tertiary/aromatic N) is 2. The third kappa shape index (κ3) is 2.42. The first-order chi connectivity index (χ1) is 6.45. The molecule has 0 fully saturated rings. The molecule has 0 amide bonds. The lowest BCUT2D eigenvalue weighted by Gasteiger charge is -2.03. The van der Waals surface area contributed by atoms with Crippen LogP contribution in [0.15, 0.2) is 4.52 Å². The predicted molar refractivity (Wildman–Crippen MR) is 38.1 cm³/mol. The maximum atomic E-state index is 12.0. The Morgan fingerprint density at radius 3 is 2.64 bits per heavy atom. The molecule has 0 aliphatic rings. The Morgan fingerprint density at radius 2 is 2.21 bits per heavy atom. The molecular formula is C6H8F3N3O2. The van der Waals surface area contributed by atoms with Gasteiger partial charge in [-0.2, -0.15) is 18.2 Å². The van der Waals surface area contributed by atoms with E-state index >= 15 is 0 Å². The maximum Gasteiger partial charge on any atom is 0.455 e. The van der Waals surface area contributed by atoms with E-state index in [1.54, 1.807) is 0 Å². The number of hydrogen-bond donors (Lipinski definition) is 1. The van der Waals surface area contributed by atoms with Gasteiger partial charge in [-0.15, -0.1) is 0 Å². The Bertz CT molecular complexity index is 299. The smallest absolute Gasteiger partial charge is 0.383 e. The maximum absolute atomic E-state index is 12.0. The SMILES string of the molecule is COCC(N)c1nc(C(F)(F)F)no1. The largest absolute Gasteiger partial charge is 0.455 e. The van der Waals surface area contributed by atoms with E-state index in [-0.39, 0.29) is 12.5 Å². The molecule has 5 nitrogen and oxygen atoms in total. The first-order valence-corrected chi connectivity index (χ1v) is 3.60. The Hall–Kier alpha value is -1.15. The van der Waals surface area contributed by atoms with Gasteiger partial charge in [0.15, 0.2) is 0 Å². The van der Waals surface area contributed by atoms with Gasteiger partial charge in [-0.3, -0.25) is 0 Å². The van der Waals surface area contributed by atoms with Crippen molar-refractivity contribution in [2.45, 2.75) is 12.2 Å². The van der Waals surface area contributed by atoms with Gasteiger partial charge in [0.05, 0.1) is 6.61 Å². The second-order valence-electron chi connectivity index (χ2n) is 2.52. The highest BCUT2D eigenvalue weighted by molar-refractivity contribution is 4.94. The van der Waals surface area contributed by atoms with Crippen molar-refractivity contribution in [3.05, 3.63) is 11.7 Å². The van der Waals surface area contributed by atoms with Gasteiger partial charge in [0.1, 0.15) is 6.04 Å². The van der Waals surface area contributed by atoms with Crippen molar-refractivity contribution in [2.24, 2.45) is 5.73 Å². The number of ether oxygens (including phenoxy) is 1. The Balaban J connectivity index is 2.78. The van der Waals surface area contributed by atoms with Crippen LogP contribution in [0.3, 0.4) is 0 Å². The van der Waals surface area contributed by atoms with Crippen molar-refractivity contribution in [2.75, 3.05) is 13.7 Å². The molecule has 1 aromatic rings. The normalized spacial score (nSPS) is 14.4. The molecule has 1 rings (SSSR count). The van der Waals surface area contributed by atoms with Crippen molar-refractivity contribution in [3.8, 4) is 0 Å². The van der Waals surface area contributed by atoms with Crippen molar-refractivity contribution in [1.29, 1.82) is 0 Å². The number of halogens is 3. The number of methoxy groups -OCH3 is 1. The number of rotatable bonds is 3. The minimum Gasteiger partial charge on any atom is -0.383 e. The van der Waals surface area contributed by atoms with Gasteiger partial charge in [0.2, 0.25) is 5.89 Å². The highest BCUT2D eigenvalue weighted by Crippen LogP contribution is 2.26. The van der Waals surface area contributed by atoms with E-state index in [0.717, 1.165) is 0 Å². The lowest BCUT2D eigenvalue weighted by molar-refractivity contribution is -0.146. The fourth-order valence-electron chi connectivity index (χ4n) is 0.752. The van der Waals surface area contributed by atoms with Crippen LogP contribution in [0.5, 0.6) is 0 Å². The number of hydrogen-bond acceptors (Lipinski definition) is 5.